The third-order valence-electron chi connectivity index (χ3n) is 4.02. The van der Waals surface area contributed by atoms with Gasteiger partial charge in [-0.15, -0.1) is 0 Å². The minimum Gasteiger partial charge on any atom is -0.493 e. The fourth-order valence-corrected chi connectivity index (χ4v) is 2.66. The van der Waals surface area contributed by atoms with Crippen molar-refractivity contribution in [1.29, 1.82) is 0 Å². The summed E-state index contributed by atoms with van der Waals surface area (Å²) in [7, 11) is 0. The summed E-state index contributed by atoms with van der Waals surface area (Å²) >= 11 is 0. The molecule has 2 rings (SSSR count). The van der Waals surface area contributed by atoms with E-state index in [1.54, 1.807) is 0 Å². The highest BCUT2D eigenvalue weighted by molar-refractivity contribution is 5.50. The third kappa shape index (κ3) is 3.01. The van der Waals surface area contributed by atoms with Crippen molar-refractivity contribution in [3.8, 4) is 5.75 Å². The molecule has 0 amide bonds. The maximum absolute atomic E-state index is 10.4. The number of hydrogen-bond donors (Lipinski definition) is 1. The van der Waals surface area contributed by atoms with Crippen LogP contribution in [0.4, 0.5) is 0 Å². The van der Waals surface area contributed by atoms with Gasteiger partial charge in [-0.2, -0.15) is 0 Å². The molecule has 1 N–H and O–H groups in total. The first-order valence-corrected chi connectivity index (χ1v) is 7.60. The second kappa shape index (κ2) is 5.07. The Morgan fingerprint density at radius 1 is 1.05 bits per heavy atom. The van der Waals surface area contributed by atoms with E-state index in [0.717, 1.165) is 24.2 Å². The smallest absolute Gasteiger partial charge is 0.128 e. The average molecular weight is 276 g/mol. The molecule has 1 heterocycles. The van der Waals surface area contributed by atoms with E-state index in [4.69, 9.17) is 4.74 Å². The van der Waals surface area contributed by atoms with Crippen LogP contribution in [0.1, 0.15) is 77.2 Å². The Balaban J connectivity index is 2.69. The summed E-state index contributed by atoms with van der Waals surface area (Å²) in [5.74, 6) is 0.913. The molecule has 112 valence electrons. The Bertz CT molecular complexity index is 489. The van der Waals surface area contributed by atoms with Gasteiger partial charge in [0.05, 0.1) is 12.7 Å². The normalized spacial score (nSPS) is 20.1. The first-order chi connectivity index (χ1) is 9.10. The van der Waals surface area contributed by atoms with Crippen LogP contribution in [0.2, 0.25) is 0 Å². The van der Waals surface area contributed by atoms with Crippen LogP contribution in [-0.4, -0.2) is 11.7 Å². The molecule has 2 nitrogen and oxygen atoms in total. The lowest BCUT2D eigenvalue weighted by Gasteiger charge is -2.29. The summed E-state index contributed by atoms with van der Waals surface area (Å²) in [6.45, 7) is 13.9. The zero-order valence-electron chi connectivity index (χ0n) is 13.7. The molecule has 0 aromatic heterocycles. The van der Waals surface area contributed by atoms with Crippen LogP contribution in [0, 0.1) is 0 Å². The molecular weight excluding hydrogens is 248 g/mol. The Kier molecular flexibility index (Phi) is 3.90. The van der Waals surface area contributed by atoms with Crippen LogP contribution in [0.5, 0.6) is 5.75 Å². The van der Waals surface area contributed by atoms with Crippen LogP contribution in [0.15, 0.2) is 12.1 Å². The highest BCUT2D eigenvalue weighted by Gasteiger charge is 2.29. The molecule has 1 aromatic carbocycles. The molecule has 0 saturated carbocycles. The molecule has 0 radical (unpaired) electrons. The molecule has 0 saturated heterocycles. The summed E-state index contributed by atoms with van der Waals surface area (Å²) < 4.78 is 5.98. The van der Waals surface area contributed by atoms with Gasteiger partial charge in [0.2, 0.25) is 0 Å². The standard InChI is InChI=1S/C18H28O2/c1-17(2,3)12-10-13-15(19)8-7-9-20-16(13)14(11-12)18(4,5)6/h10-11,15,19H,7-9H2,1-6H3. The van der Waals surface area contributed by atoms with Crippen molar-refractivity contribution in [1.82, 2.24) is 0 Å². The zero-order valence-corrected chi connectivity index (χ0v) is 13.7. The number of benzene rings is 1. The van der Waals surface area contributed by atoms with Crippen molar-refractivity contribution in [2.24, 2.45) is 0 Å². The van der Waals surface area contributed by atoms with Crippen molar-refractivity contribution in [2.45, 2.75) is 71.3 Å². The fraction of sp³-hybridized carbons (Fsp3) is 0.667. The molecule has 1 atom stereocenters. The van der Waals surface area contributed by atoms with Gasteiger partial charge < -0.3 is 9.84 Å². The van der Waals surface area contributed by atoms with E-state index in [9.17, 15) is 5.11 Å². The monoisotopic (exact) mass is 276 g/mol. The minimum atomic E-state index is -0.407. The Labute approximate surface area is 123 Å². The van der Waals surface area contributed by atoms with Crippen molar-refractivity contribution >= 4 is 0 Å². The molecule has 0 fully saturated rings. The van der Waals surface area contributed by atoms with E-state index in [2.05, 4.69) is 53.7 Å². The van der Waals surface area contributed by atoms with Crippen molar-refractivity contribution < 1.29 is 9.84 Å². The molecule has 0 spiro atoms. The summed E-state index contributed by atoms with van der Waals surface area (Å²) in [6, 6.07) is 4.40. The lowest BCUT2D eigenvalue weighted by Crippen LogP contribution is -2.19. The predicted molar refractivity (Wildman–Crippen MR) is 83.5 cm³/mol. The van der Waals surface area contributed by atoms with Crippen molar-refractivity contribution in [3.63, 3.8) is 0 Å². The predicted octanol–water partition coefficient (Wildman–Crippen LogP) is 4.49. The maximum Gasteiger partial charge on any atom is 0.128 e. The van der Waals surface area contributed by atoms with Gasteiger partial charge in [0.25, 0.3) is 0 Å². The van der Waals surface area contributed by atoms with Gasteiger partial charge in [-0.05, 0) is 35.3 Å². The Morgan fingerprint density at radius 3 is 2.25 bits per heavy atom. The molecule has 1 aliphatic rings. The first kappa shape index (κ1) is 15.4. The zero-order chi connectivity index (χ0) is 15.1. The minimum absolute atomic E-state index is 0.00933. The van der Waals surface area contributed by atoms with Crippen LogP contribution >= 0.6 is 0 Å². The van der Waals surface area contributed by atoms with Crippen molar-refractivity contribution in [3.05, 3.63) is 28.8 Å². The highest BCUT2D eigenvalue weighted by atomic mass is 16.5. The van der Waals surface area contributed by atoms with E-state index in [-0.39, 0.29) is 10.8 Å². The highest BCUT2D eigenvalue weighted by Crippen LogP contribution is 2.42. The van der Waals surface area contributed by atoms with Gasteiger partial charge in [-0.25, -0.2) is 0 Å². The van der Waals surface area contributed by atoms with E-state index >= 15 is 0 Å². The van der Waals surface area contributed by atoms with Crippen LogP contribution in [-0.2, 0) is 10.8 Å². The molecule has 1 aromatic rings. The second-order valence-electron chi connectivity index (χ2n) is 7.95. The Hall–Kier alpha value is -1.02. The van der Waals surface area contributed by atoms with Gasteiger partial charge in [0.1, 0.15) is 5.75 Å². The van der Waals surface area contributed by atoms with Gasteiger partial charge in [0, 0.05) is 11.1 Å². The number of aliphatic hydroxyl groups is 1. The van der Waals surface area contributed by atoms with E-state index in [0.29, 0.717) is 6.61 Å². The SMILES string of the molecule is CC(C)(C)c1cc2c(c(C(C)(C)C)c1)OCCCC2O. The molecule has 1 unspecified atom stereocenters. The molecular formula is C18H28O2. The fourth-order valence-electron chi connectivity index (χ4n) is 2.66. The maximum atomic E-state index is 10.4. The van der Waals surface area contributed by atoms with Gasteiger partial charge in [0.15, 0.2) is 0 Å². The summed E-state index contributed by atoms with van der Waals surface area (Å²) in [4.78, 5) is 0. The molecule has 0 bridgehead atoms. The molecule has 0 aliphatic carbocycles. The third-order valence-corrected chi connectivity index (χ3v) is 4.02. The van der Waals surface area contributed by atoms with Crippen LogP contribution in [0.25, 0.3) is 0 Å². The Morgan fingerprint density at radius 2 is 1.70 bits per heavy atom. The summed E-state index contributed by atoms with van der Waals surface area (Å²) in [5.41, 5.74) is 3.53. The number of ether oxygens (including phenoxy) is 1. The number of aliphatic hydroxyl groups excluding tert-OH is 1. The number of hydrogen-bond acceptors (Lipinski definition) is 2. The van der Waals surface area contributed by atoms with Gasteiger partial charge in [-0.3, -0.25) is 0 Å². The number of fused-ring (bicyclic) bond motifs is 1. The lowest BCUT2D eigenvalue weighted by molar-refractivity contribution is 0.167. The van der Waals surface area contributed by atoms with Crippen molar-refractivity contribution in [2.75, 3.05) is 6.61 Å². The van der Waals surface area contributed by atoms with Gasteiger partial charge >= 0.3 is 0 Å². The largest absolute Gasteiger partial charge is 0.493 e. The van der Waals surface area contributed by atoms with Crippen LogP contribution in [0.3, 0.4) is 0 Å². The second-order valence-corrected chi connectivity index (χ2v) is 7.95. The average Bonchev–Trinajstić information content (AvgIpc) is 2.48. The first-order valence-electron chi connectivity index (χ1n) is 7.60. The van der Waals surface area contributed by atoms with Crippen LogP contribution < -0.4 is 4.74 Å². The number of rotatable bonds is 0. The summed E-state index contributed by atoms with van der Waals surface area (Å²) in [6.07, 6.45) is 1.28. The van der Waals surface area contributed by atoms with Gasteiger partial charge in [-0.1, -0.05) is 47.6 Å². The molecule has 20 heavy (non-hydrogen) atoms. The summed E-state index contributed by atoms with van der Waals surface area (Å²) in [5, 5.41) is 10.4. The van der Waals surface area contributed by atoms with E-state index in [1.807, 2.05) is 0 Å². The molecule has 2 heteroatoms. The lowest BCUT2D eigenvalue weighted by atomic mass is 9.78. The topological polar surface area (TPSA) is 29.5 Å². The van der Waals surface area contributed by atoms with E-state index < -0.39 is 6.10 Å². The quantitative estimate of drug-likeness (QED) is 0.756. The molecule has 1 aliphatic heterocycles. The van der Waals surface area contributed by atoms with E-state index in [1.165, 1.54) is 11.1 Å².